The summed E-state index contributed by atoms with van der Waals surface area (Å²) in [6.45, 7) is 3.09. The van der Waals surface area contributed by atoms with Crippen LogP contribution in [0.5, 0.6) is 0 Å². The van der Waals surface area contributed by atoms with E-state index >= 15 is 0 Å². The number of aliphatic hydroxyl groups is 1. The average Bonchev–Trinajstić information content (AvgIpc) is 3.36. The minimum Gasteiger partial charge on any atom is -0.381 e. The highest BCUT2D eigenvalue weighted by atomic mass is 19.1. The van der Waals surface area contributed by atoms with Gasteiger partial charge >= 0.3 is 0 Å². The molecule has 35 heavy (non-hydrogen) atoms. The molecule has 184 valence electrons. The maximum Gasteiger partial charge on any atom is 0.269 e. The molecule has 1 amide bonds. The Bertz CT molecular complexity index is 1200. The van der Waals surface area contributed by atoms with E-state index in [2.05, 4.69) is 10.1 Å². The monoisotopic (exact) mass is 486 g/mol. The second-order valence-corrected chi connectivity index (χ2v) is 8.45. The van der Waals surface area contributed by atoms with Gasteiger partial charge in [0.05, 0.1) is 11.5 Å². The third-order valence-corrected chi connectivity index (χ3v) is 6.43. The molecule has 2 atom stereocenters. The lowest BCUT2D eigenvalue weighted by Gasteiger charge is -2.45. The van der Waals surface area contributed by atoms with Crippen LogP contribution in [0.15, 0.2) is 55.1 Å². The summed E-state index contributed by atoms with van der Waals surface area (Å²) in [5.41, 5.74) is -1.59. The van der Waals surface area contributed by atoms with E-state index in [9.17, 15) is 28.8 Å². The number of nitro benzene ring substituents is 1. The topological polar surface area (TPSA) is 118 Å². The van der Waals surface area contributed by atoms with Gasteiger partial charge in [-0.2, -0.15) is 5.10 Å². The number of amides is 1. The van der Waals surface area contributed by atoms with E-state index in [4.69, 9.17) is 0 Å². The Kier molecular flexibility index (Phi) is 6.85. The largest absolute Gasteiger partial charge is 0.381 e. The summed E-state index contributed by atoms with van der Waals surface area (Å²) in [6.07, 6.45) is 2.70. The van der Waals surface area contributed by atoms with Crippen molar-refractivity contribution in [3.63, 3.8) is 0 Å². The Balaban J connectivity index is 1.50. The summed E-state index contributed by atoms with van der Waals surface area (Å²) in [5.74, 6) is -1.87. The van der Waals surface area contributed by atoms with Crippen molar-refractivity contribution >= 4 is 11.6 Å². The SMILES string of the molecule is C[C@@H](N1CCN(C(=O)c2ccc([N+](=O)[O-])cc2)CC1)[C@](O)(Cn1cncn1)c1ccc(F)cc1F. The molecule has 12 heteroatoms. The van der Waals surface area contributed by atoms with Crippen LogP contribution in [-0.4, -0.2) is 72.7 Å². The molecular weight excluding hydrogens is 462 g/mol. The van der Waals surface area contributed by atoms with Gasteiger partial charge in [-0.25, -0.2) is 18.4 Å². The average molecular weight is 486 g/mol. The fourth-order valence-corrected chi connectivity index (χ4v) is 4.37. The van der Waals surface area contributed by atoms with Crippen LogP contribution < -0.4 is 0 Å². The molecule has 1 aromatic heterocycles. The van der Waals surface area contributed by atoms with Crippen molar-refractivity contribution in [1.82, 2.24) is 24.6 Å². The summed E-state index contributed by atoms with van der Waals surface area (Å²) in [5, 5.41) is 26.6. The van der Waals surface area contributed by atoms with Crippen LogP contribution in [0, 0.1) is 21.7 Å². The van der Waals surface area contributed by atoms with Gasteiger partial charge in [0.2, 0.25) is 0 Å². The van der Waals surface area contributed by atoms with Gasteiger partial charge in [0.15, 0.2) is 0 Å². The summed E-state index contributed by atoms with van der Waals surface area (Å²) >= 11 is 0. The van der Waals surface area contributed by atoms with Crippen LogP contribution in [0.1, 0.15) is 22.8 Å². The van der Waals surface area contributed by atoms with Gasteiger partial charge in [-0.05, 0) is 25.1 Å². The first-order valence-electron chi connectivity index (χ1n) is 11.0. The second-order valence-electron chi connectivity index (χ2n) is 8.45. The molecule has 1 N–H and O–H groups in total. The van der Waals surface area contributed by atoms with E-state index in [0.717, 1.165) is 12.1 Å². The van der Waals surface area contributed by atoms with Gasteiger partial charge in [-0.3, -0.25) is 19.8 Å². The van der Waals surface area contributed by atoms with Gasteiger partial charge in [0.1, 0.15) is 29.9 Å². The lowest BCUT2D eigenvalue weighted by atomic mass is 9.85. The van der Waals surface area contributed by atoms with Gasteiger partial charge in [-0.15, -0.1) is 0 Å². The normalized spacial score (nSPS) is 17.1. The Labute approximate surface area is 199 Å². The number of piperazine rings is 1. The number of halogens is 2. The number of non-ortho nitro benzene ring substituents is 1. The maximum absolute atomic E-state index is 14.8. The summed E-state index contributed by atoms with van der Waals surface area (Å²) in [4.78, 5) is 30.6. The van der Waals surface area contributed by atoms with Crippen molar-refractivity contribution < 1.29 is 23.6 Å². The molecule has 0 aliphatic carbocycles. The van der Waals surface area contributed by atoms with Crippen molar-refractivity contribution in [2.45, 2.75) is 25.1 Å². The molecule has 0 bridgehead atoms. The highest BCUT2D eigenvalue weighted by Gasteiger charge is 2.43. The van der Waals surface area contributed by atoms with E-state index in [1.54, 1.807) is 11.8 Å². The van der Waals surface area contributed by atoms with E-state index in [1.807, 2.05) is 4.90 Å². The third-order valence-electron chi connectivity index (χ3n) is 6.43. The van der Waals surface area contributed by atoms with Crippen molar-refractivity contribution in [2.24, 2.45) is 0 Å². The molecule has 1 fully saturated rings. The van der Waals surface area contributed by atoms with E-state index in [-0.39, 0.29) is 23.7 Å². The van der Waals surface area contributed by atoms with Crippen LogP contribution in [-0.2, 0) is 12.1 Å². The lowest BCUT2D eigenvalue weighted by Crippen LogP contribution is -2.58. The zero-order valence-electron chi connectivity index (χ0n) is 18.9. The van der Waals surface area contributed by atoms with Crippen molar-refractivity contribution in [3.8, 4) is 0 Å². The first-order valence-corrected chi connectivity index (χ1v) is 11.0. The Morgan fingerprint density at radius 1 is 1.17 bits per heavy atom. The predicted molar refractivity (Wildman–Crippen MR) is 120 cm³/mol. The zero-order chi connectivity index (χ0) is 25.2. The highest BCUT2D eigenvalue weighted by Crippen LogP contribution is 2.33. The molecule has 0 saturated carbocycles. The molecule has 10 nitrogen and oxygen atoms in total. The Hall–Kier alpha value is -3.77. The molecule has 3 aromatic rings. The molecule has 4 rings (SSSR count). The molecule has 1 saturated heterocycles. The second kappa shape index (κ2) is 9.84. The summed E-state index contributed by atoms with van der Waals surface area (Å²) in [6, 6.07) is 7.84. The highest BCUT2D eigenvalue weighted by molar-refractivity contribution is 5.94. The Morgan fingerprint density at radius 3 is 2.43 bits per heavy atom. The number of benzene rings is 2. The number of aromatic nitrogens is 3. The molecule has 0 spiro atoms. The Morgan fingerprint density at radius 2 is 1.86 bits per heavy atom. The van der Waals surface area contributed by atoms with E-state index in [0.29, 0.717) is 31.7 Å². The predicted octanol–water partition coefficient (Wildman–Crippen LogP) is 2.20. The van der Waals surface area contributed by atoms with Crippen LogP contribution in [0.2, 0.25) is 0 Å². The maximum atomic E-state index is 14.8. The van der Waals surface area contributed by atoms with Crippen LogP contribution in [0.25, 0.3) is 0 Å². The van der Waals surface area contributed by atoms with Gasteiger partial charge in [0.25, 0.3) is 11.6 Å². The molecule has 1 aliphatic heterocycles. The molecule has 1 aliphatic rings. The number of rotatable bonds is 7. The summed E-state index contributed by atoms with van der Waals surface area (Å²) in [7, 11) is 0. The summed E-state index contributed by atoms with van der Waals surface area (Å²) < 4.78 is 29.7. The minimum absolute atomic E-state index is 0.0636. The first kappa shape index (κ1) is 24.4. The standard InChI is InChI=1S/C23H24F2N6O4/c1-16(23(33,13-30-15-26-14-27-30)20-7-4-18(24)12-21(20)25)28-8-10-29(11-9-28)22(32)17-2-5-19(6-3-17)31(34)35/h2-7,12,14-16,33H,8-11,13H2,1H3/t16-,23-/m1/s1. The smallest absolute Gasteiger partial charge is 0.269 e. The van der Waals surface area contributed by atoms with Gasteiger partial charge < -0.3 is 10.0 Å². The first-order chi connectivity index (χ1) is 16.7. The fourth-order valence-electron chi connectivity index (χ4n) is 4.37. The van der Waals surface area contributed by atoms with Crippen LogP contribution in [0.4, 0.5) is 14.5 Å². The van der Waals surface area contributed by atoms with Gasteiger partial charge in [-0.1, -0.05) is 6.07 Å². The fraction of sp³-hybridized carbons (Fsp3) is 0.348. The number of hydrogen-bond acceptors (Lipinski definition) is 7. The zero-order valence-corrected chi connectivity index (χ0v) is 18.9. The number of carbonyl (C=O) groups excluding carboxylic acids is 1. The molecule has 0 unspecified atom stereocenters. The number of nitro groups is 1. The van der Waals surface area contributed by atoms with Crippen molar-refractivity contribution in [3.05, 3.63) is 88.0 Å². The van der Waals surface area contributed by atoms with E-state index < -0.39 is 28.2 Å². The quantitative estimate of drug-likeness (QED) is 0.402. The molecule has 2 heterocycles. The lowest BCUT2D eigenvalue weighted by molar-refractivity contribution is -0.384. The molecule has 2 aromatic carbocycles. The molecular formula is C23H24F2N6O4. The van der Waals surface area contributed by atoms with Crippen LogP contribution in [0.3, 0.4) is 0 Å². The van der Waals surface area contributed by atoms with Crippen LogP contribution >= 0.6 is 0 Å². The minimum atomic E-state index is -1.77. The van der Waals surface area contributed by atoms with E-state index in [1.165, 1.54) is 47.7 Å². The molecule has 0 radical (unpaired) electrons. The van der Waals surface area contributed by atoms with Crippen molar-refractivity contribution in [2.75, 3.05) is 26.2 Å². The van der Waals surface area contributed by atoms with Gasteiger partial charge in [0, 0.05) is 61.5 Å². The number of nitrogens with zero attached hydrogens (tertiary/aromatic N) is 6. The number of hydrogen-bond donors (Lipinski definition) is 1. The third kappa shape index (κ3) is 5.03. The van der Waals surface area contributed by atoms with Crippen molar-refractivity contribution in [1.29, 1.82) is 0 Å². The number of carbonyl (C=O) groups is 1.